The number of aryl methyl sites for hydroxylation is 1. The van der Waals surface area contributed by atoms with E-state index in [1.165, 1.54) is 5.56 Å². The smallest absolute Gasteiger partial charge is 0.170 e. The molecule has 3 rings (SSSR count). The van der Waals surface area contributed by atoms with E-state index in [-0.39, 0.29) is 11.6 Å². The SMILES string of the molecule is CCCc1cc(/C(N)=N/O)c(-c2ccccc2)c(-c2ccc(O)cc2)c1C. The lowest BCUT2D eigenvalue weighted by molar-refractivity contribution is 0.318. The van der Waals surface area contributed by atoms with Gasteiger partial charge in [0.2, 0.25) is 0 Å². The number of phenolic OH excluding ortho intramolecular Hbond substituents is 1. The fraction of sp³-hybridized carbons (Fsp3) is 0.174. The maximum Gasteiger partial charge on any atom is 0.170 e. The van der Waals surface area contributed by atoms with Crippen LogP contribution in [0.3, 0.4) is 0 Å². The van der Waals surface area contributed by atoms with Crippen molar-refractivity contribution in [1.29, 1.82) is 0 Å². The third-order valence-electron chi connectivity index (χ3n) is 4.82. The summed E-state index contributed by atoms with van der Waals surface area (Å²) in [6.45, 7) is 4.24. The minimum atomic E-state index is 0.0891. The van der Waals surface area contributed by atoms with Crippen molar-refractivity contribution in [3.05, 3.63) is 77.4 Å². The molecule has 0 unspecified atom stereocenters. The first-order chi connectivity index (χ1) is 13.1. The van der Waals surface area contributed by atoms with Crippen LogP contribution in [0, 0.1) is 6.92 Å². The normalized spacial score (nSPS) is 11.6. The highest BCUT2D eigenvalue weighted by atomic mass is 16.4. The van der Waals surface area contributed by atoms with Gasteiger partial charge in [-0.25, -0.2) is 0 Å². The topological polar surface area (TPSA) is 78.8 Å². The fourth-order valence-corrected chi connectivity index (χ4v) is 3.52. The number of rotatable bonds is 5. The number of benzene rings is 3. The van der Waals surface area contributed by atoms with Gasteiger partial charge in [0.15, 0.2) is 5.84 Å². The summed E-state index contributed by atoms with van der Waals surface area (Å²) in [6, 6.07) is 19.1. The first-order valence-electron chi connectivity index (χ1n) is 9.06. The average molecular weight is 360 g/mol. The van der Waals surface area contributed by atoms with E-state index in [0.29, 0.717) is 5.56 Å². The van der Waals surface area contributed by atoms with Gasteiger partial charge in [0.25, 0.3) is 0 Å². The summed E-state index contributed by atoms with van der Waals surface area (Å²) >= 11 is 0. The monoisotopic (exact) mass is 360 g/mol. The third-order valence-corrected chi connectivity index (χ3v) is 4.82. The predicted molar refractivity (Wildman–Crippen MR) is 110 cm³/mol. The van der Waals surface area contributed by atoms with E-state index >= 15 is 0 Å². The summed E-state index contributed by atoms with van der Waals surface area (Å²) in [4.78, 5) is 0. The van der Waals surface area contributed by atoms with Crippen LogP contribution in [0.15, 0.2) is 65.8 Å². The molecule has 3 aromatic carbocycles. The molecule has 0 bridgehead atoms. The molecule has 4 N–H and O–H groups in total. The van der Waals surface area contributed by atoms with Crippen molar-refractivity contribution < 1.29 is 10.3 Å². The van der Waals surface area contributed by atoms with Crippen molar-refractivity contribution in [1.82, 2.24) is 0 Å². The Morgan fingerprint density at radius 3 is 2.19 bits per heavy atom. The summed E-state index contributed by atoms with van der Waals surface area (Å²) in [6.07, 6.45) is 1.90. The van der Waals surface area contributed by atoms with E-state index in [0.717, 1.165) is 40.7 Å². The Labute approximate surface area is 159 Å². The second-order valence-corrected chi connectivity index (χ2v) is 6.61. The lowest BCUT2D eigenvalue weighted by Crippen LogP contribution is -2.16. The molecule has 27 heavy (non-hydrogen) atoms. The summed E-state index contributed by atoms with van der Waals surface area (Å²) in [5.41, 5.74) is 13.1. The van der Waals surface area contributed by atoms with Gasteiger partial charge in [-0.05, 0) is 59.4 Å². The van der Waals surface area contributed by atoms with Gasteiger partial charge in [-0.15, -0.1) is 0 Å². The molecule has 0 amide bonds. The molecule has 4 heteroatoms. The molecule has 3 aromatic rings. The van der Waals surface area contributed by atoms with Gasteiger partial charge in [-0.1, -0.05) is 61.0 Å². The second-order valence-electron chi connectivity index (χ2n) is 6.61. The van der Waals surface area contributed by atoms with Crippen LogP contribution >= 0.6 is 0 Å². The Kier molecular flexibility index (Phi) is 5.46. The van der Waals surface area contributed by atoms with Crippen molar-refractivity contribution in [3.8, 4) is 28.0 Å². The number of hydrogen-bond acceptors (Lipinski definition) is 3. The largest absolute Gasteiger partial charge is 0.508 e. The van der Waals surface area contributed by atoms with E-state index in [4.69, 9.17) is 5.73 Å². The molecule has 0 saturated heterocycles. The summed E-state index contributed by atoms with van der Waals surface area (Å²) in [7, 11) is 0. The molecule has 0 aliphatic heterocycles. The van der Waals surface area contributed by atoms with Crippen molar-refractivity contribution in [2.75, 3.05) is 0 Å². The number of phenols is 1. The van der Waals surface area contributed by atoms with Gasteiger partial charge in [0.05, 0.1) is 0 Å². The van der Waals surface area contributed by atoms with Gasteiger partial charge in [0.1, 0.15) is 5.75 Å². The highest BCUT2D eigenvalue weighted by Crippen LogP contribution is 2.40. The number of nitrogens with two attached hydrogens (primary N) is 1. The summed E-state index contributed by atoms with van der Waals surface area (Å²) in [5.74, 6) is 0.310. The zero-order valence-electron chi connectivity index (χ0n) is 15.6. The maximum atomic E-state index is 9.71. The van der Waals surface area contributed by atoms with Crippen LogP contribution in [0.1, 0.15) is 30.0 Å². The Hall–Kier alpha value is -3.27. The van der Waals surface area contributed by atoms with Gasteiger partial charge in [0, 0.05) is 11.1 Å². The number of oxime groups is 1. The van der Waals surface area contributed by atoms with Crippen molar-refractivity contribution in [3.63, 3.8) is 0 Å². The van der Waals surface area contributed by atoms with Crippen LogP contribution in [-0.2, 0) is 6.42 Å². The molecule has 4 nitrogen and oxygen atoms in total. The van der Waals surface area contributed by atoms with Crippen molar-refractivity contribution in [2.24, 2.45) is 10.9 Å². The zero-order chi connectivity index (χ0) is 19.4. The van der Waals surface area contributed by atoms with Crippen LogP contribution in [0.25, 0.3) is 22.3 Å². The molecule has 0 fully saturated rings. The van der Waals surface area contributed by atoms with E-state index in [1.807, 2.05) is 48.5 Å². The molecule has 138 valence electrons. The summed E-state index contributed by atoms with van der Waals surface area (Å²) < 4.78 is 0. The van der Waals surface area contributed by atoms with Crippen LogP contribution in [-0.4, -0.2) is 16.1 Å². The number of amidine groups is 1. The molecule has 0 aliphatic carbocycles. The molecule has 0 aliphatic rings. The van der Waals surface area contributed by atoms with E-state index in [2.05, 4.69) is 19.0 Å². The highest BCUT2D eigenvalue weighted by Gasteiger charge is 2.20. The van der Waals surface area contributed by atoms with E-state index in [1.54, 1.807) is 12.1 Å². The van der Waals surface area contributed by atoms with Gasteiger partial charge in [-0.2, -0.15) is 0 Å². The Morgan fingerprint density at radius 1 is 0.963 bits per heavy atom. The Bertz CT molecular complexity index is 962. The minimum Gasteiger partial charge on any atom is -0.508 e. The number of aromatic hydroxyl groups is 1. The lowest BCUT2D eigenvalue weighted by Gasteiger charge is -2.21. The number of nitrogens with zero attached hydrogens (tertiary/aromatic N) is 1. The molecule has 0 saturated carbocycles. The second kappa shape index (κ2) is 7.96. The zero-order valence-corrected chi connectivity index (χ0v) is 15.6. The van der Waals surface area contributed by atoms with Gasteiger partial charge in [-0.3, -0.25) is 0 Å². The average Bonchev–Trinajstić information content (AvgIpc) is 2.70. The van der Waals surface area contributed by atoms with E-state index in [9.17, 15) is 10.3 Å². The lowest BCUT2D eigenvalue weighted by atomic mass is 9.83. The van der Waals surface area contributed by atoms with Crippen molar-refractivity contribution >= 4 is 5.84 Å². The standard InChI is InChI=1S/C23H24N2O2/c1-3-7-18-14-20(23(24)25-27)22(16-8-5-4-6-9-16)21(15(18)2)17-10-12-19(26)13-11-17/h4-6,8-14,26-27H,3,7H2,1-2H3,(H2,24,25). The highest BCUT2D eigenvalue weighted by molar-refractivity contribution is 6.07. The molecule has 0 radical (unpaired) electrons. The summed E-state index contributed by atoms with van der Waals surface area (Å²) in [5, 5.41) is 22.4. The van der Waals surface area contributed by atoms with E-state index < -0.39 is 0 Å². The third kappa shape index (κ3) is 3.65. The minimum absolute atomic E-state index is 0.0891. The maximum absolute atomic E-state index is 9.71. The quantitative estimate of drug-likeness (QED) is 0.257. The Balaban J connectivity index is 2.43. The van der Waals surface area contributed by atoms with Gasteiger partial charge >= 0.3 is 0 Å². The van der Waals surface area contributed by atoms with Crippen molar-refractivity contribution in [2.45, 2.75) is 26.7 Å². The fourth-order valence-electron chi connectivity index (χ4n) is 3.52. The molecular weight excluding hydrogens is 336 g/mol. The first kappa shape index (κ1) is 18.5. The van der Waals surface area contributed by atoms with Gasteiger partial charge < -0.3 is 16.0 Å². The predicted octanol–water partition coefficient (Wildman–Crippen LogP) is 5.08. The van der Waals surface area contributed by atoms with Crippen LogP contribution in [0.4, 0.5) is 0 Å². The molecule has 0 aromatic heterocycles. The Morgan fingerprint density at radius 2 is 1.59 bits per heavy atom. The molecule has 0 heterocycles. The molecular formula is C23H24N2O2. The first-order valence-corrected chi connectivity index (χ1v) is 9.06. The molecule has 0 atom stereocenters. The molecule has 0 spiro atoms. The van der Waals surface area contributed by atoms with Crippen LogP contribution in [0.5, 0.6) is 5.75 Å². The van der Waals surface area contributed by atoms with Crippen LogP contribution < -0.4 is 5.73 Å². The van der Waals surface area contributed by atoms with Crippen LogP contribution in [0.2, 0.25) is 0 Å². The number of hydrogen-bond donors (Lipinski definition) is 3.